The fraction of sp³-hybridized carbons (Fsp3) is 0.780. The van der Waals surface area contributed by atoms with Crippen molar-refractivity contribution in [3.05, 3.63) is 0 Å². The Labute approximate surface area is 373 Å². The minimum Gasteiger partial charge on any atom is -0.370 e. The van der Waals surface area contributed by atoms with Gasteiger partial charge in [0.05, 0.1) is 6.04 Å². The van der Waals surface area contributed by atoms with Gasteiger partial charge in [-0.15, -0.1) is 0 Å². The van der Waals surface area contributed by atoms with E-state index in [2.05, 4.69) is 41.9 Å². The number of aliphatic imine (C=N–C) groups is 2. The maximum atomic E-state index is 14.1. The Bertz CT molecular complexity index is 1510. The first kappa shape index (κ1) is 57.8. The molecule has 0 aliphatic carbocycles. The van der Waals surface area contributed by atoms with Gasteiger partial charge in [0.1, 0.15) is 36.3 Å². The van der Waals surface area contributed by atoms with Gasteiger partial charge in [0.15, 0.2) is 11.9 Å². The molecule has 0 aliphatic rings. The fourth-order valence-corrected chi connectivity index (χ4v) is 6.49. The summed E-state index contributed by atoms with van der Waals surface area (Å²) in [5.74, 6) is -5.36. The molecular weight excluding hydrogens is 815 g/mol. The summed E-state index contributed by atoms with van der Waals surface area (Å²) >= 11 is 0. The van der Waals surface area contributed by atoms with Crippen molar-refractivity contribution >= 4 is 53.3 Å². The summed E-state index contributed by atoms with van der Waals surface area (Å²) in [6.07, 6.45) is 2.77. The zero-order valence-electron chi connectivity index (χ0n) is 38.8. The standard InChI is InChI=1S/C41H81N15O7/c1-22(2)19-26(43)34(58)54-30(20-23(3)4)38(62)55-31(21-24(5)6)37(61)52-29(15-12-18-50-41(47)48)36(60)56-32(25(7)8)39(63)53-28(13-9-10-16-42)35(59)51-27(33(44)57)14-11-17-49-40(45)46/h22-32H,9-21,42-43H2,1-8H3,(H2,44,57)(H,51,59)(H,52,61)(H,53,63)(H,54,58)(H,55,62)(H,56,60)(H4,45,46,49)(H4,47,48,50)/t26-,27-,28-,29-,30-,31-,32-/m0/s1. The van der Waals surface area contributed by atoms with E-state index in [4.69, 9.17) is 40.1 Å². The summed E-state index contributed by atoms with van der Waals surface area (Å²) in [5.41, 5.74) is 39.1. The summed E-state index contributed by atoms with van der Waals surface area (Å²) in [6, 6.07) is -7.57. The molecule has 0 bridgehead atoms. The number of guanidine groups is 2. The molecule has 0 radical (unpaired) electrons. The lowest BCUT2D eigenvalue weighted by atomic mass is 9.98. The van der Waals surface area contributed by atoms with Gasteiger partial charge in [0.25, 0.3) is 0 Å². The summed E-state index contributed by atoms with van der Waals surface area (Å²) in [7, 11) is 0. The third-order valence-electron chi connectivity index (χ3n) is 9.75. The van der Waals surface area contributed by atoms with Crippen molar-refractivity contribution in [1.29, 1.82) is 0 Å². The van der Waals surface area contributed by atoms with E-state index in [9.17, 15) is 33.6 Å². The molecule has 7 atom stereocenters. The van der Waals surface area contributed by atoms with Gasteiger partial charge in [0, 0.05) is 13.1 Å². The van der Waals surface area contributed by atoms with Crippen molar-refractivity contribution in [2.45, 2.75) is 162 Å². The van der Waals surface area contributed by atoms with Crippen LogP contribution in [0.15, 0.2) is 9.98 Å². The van der Waals surface area contributed by atoms with E-state index in [0.29, 0.717) is 32.2 Å². The number of carbonyl (C=O) groups excluding carboxylic acids is 7. The molecule has 0 saturated heterocycles. The summed E-state index contributed by atoms with van der Waals surface area (Å²) in [6.45, 7) is 15.4. The number of hydrogen-bond acceptors (Lipinski definition) is 11. The van der Waals surface area contributed by atoms with Crippen molar-refractivity contribution in [2.24, 2.45) is 73.8 Å². The van der Waals surface area contributed by atoms with Crippen LogP contribution in [-0.4, -0.2) is 115 Å². The van der Waals surface area contributed by atoms with Crippen LogP contribution in [-0.2, 0) is 33.6 Å². The Hall–Kier alpha value is -5.25. The molecule has 22 nitrogen and oxygen atoms in total. The molecule has 0 spiro atoms. The molecule has 0 heterocycles. The van der Waals surface area contributed by atoms with E-state index in [-0.39, 0.29) is 81.3 Å². The molecule has 63 heavy (non-hydrogen) atoms. The second kappa shape index (κ2) is 30.7. The molecule has 7 amide bonds. The topological polar surface area (TPSA) is 399 Å². The van der Waals surface area contributed by atoms with Gasteiger partial charge in [-0.05, 0) is 94.4 Å². The van der Waals surface area contributed by atoms with Crippen LogP contribution in [0.1, 0.15) is 120 Å². The first-order valence-corrected chi connectivity index (χ1v) is 22.1. The van der Waals surface area contributed by atoms with Crippen LogP contribution in [0.4, 0.5) is 0 Å². The number of amides is 7. The molecule has 0 unspecified atom stereocenters. The highest BCUT2D eigenvalue weighted by atomic mass is 16.2. The SMILES string of the molecule is CC(C)C[C@H](NC(=O)[C@H](CC(C)C)NC(=O)[C@@H](N)CC(C)C)C(=O)N[C@@H](CCCN=C(N)N)C(=O)N[C@H](C(=O)N[C@@H](CCCCN)C(=O)N[C@@H](CCCN=C(N)N)C(N)=O)C(C)C. The number of nitrogens with one attached hydrogen (secondary N) is 6. The maximum absolute atomic E-state index is 14.1. The minimum absolute atomic E-state index is 0.000288. The number of hydrogen-bond donors (Lipinski definition) is 13. The second-order valence-electron chi connectivity index (χ2n) is 17.6. The lowest BCUT2D eigenvalue weighted by Gasteiger charge is -2.29. The molecule has 0 rings (SSSR count). The highest BCUT2D eigenvalue weighted by Crippen LogP contribution is 2.13. The Morgan fingerprint density at radius 2 is 0.810 bits per heavy atom. The number of nitrogens with two attached hydrogens (primary N) is 7. The molecule has 0 saturated carbocycles. The average Bonchev–Trinajstić information content (AvgIpc) is 3.16. The van der Waals surface area contributed by atoms with Crippen LogP contribution in [0, 0.1) is 23.7 Å². The average molecular weight is 896 g/mol. The highest BCUT2D eigenvalue weighted by Gasteiger charge is 2.35. The highest BCUT2D eigenvalue weighted by molar-refractivity contribution is 5.97. The summed E-state index contributed by atoms with van der Waals surface area (Å²) in [5, 5.41) is 16.4. The van der Waals surface area contributed by atoms with Crippen LogP contribution in [0.25, 0.3) is 0 Å². The summed E-state index contributed by atoms with van der Waals surface area (Å²) in [4.78, 5) is 102. The quantitative estimate of drug-likeness (QED) is 0.0193. The predicted octanol–water partition coefficient (Wildman–Crippen LogP) is -2.26. The van der Waals surface area contributed by atoms with Crippen LogP contribution in [0.5, 0.6) is 0 Å². The van der Waals surface area contributed by atoms with Crippen molar-refractivity contribution in [1.82, 2.24) is 31.9 Å². The van der Waals surface area contributed by atoms with E-state index in [1.54, 1.807) is 13.8 Å². The normalized spacial score (nSPS) is 14.6. The molecule has 0 aromatic carbocycles. The molecule has 0 aromatic heterocycles. The van der Waals surface area contributed by atoms with Crippen molar-refractivity contribution in [3.63, 3.8) is 0 Å². The van der Waals surface area contributed by atoms with E-state index < -0.39 is 89.6 Å². The molecule has 362 valence electrons. The van der Waals surface area contributed by atoms with E-state index in [0.717, 1.165) is 0 Å². The van der Waals surface area contributed by atoms with E-state index in [1.807, 2.05) is 41.5 Å². The monoisotopic (exact) mass is 896 g/mol. The van der Waals surface area contributed by atoms with Gasteiger partial charge in [-0.2, -0.15) is 0 Å². The molecule has 0 aromatic rings. The third kappa shape index (κ3) is 25.5. The molecular formula is C41H81N15O7. The van der Waals surface area contributed by atoms with Crippen LogP contribution >= 0.6 is 0 Å². The number of primary amides is 1. The molecule has 20 N–H and O–H groups in total. The van der Waals surface area contributed by atoms with Crippen molar-refractivity contribution in [2.75, 3.05) is 19.6 Å². The zero-order valence-corrected chi connectivity index (χ0v) is 38.8. The smallest absolute Gasteiger partial charge is 0.243 e. The Morgan fingerprint density at radius 1 is 0.444 bits per heavy atom. The number of nitrogens with zero attached hydrogens (tertiary/aromatic N) is 2. The van der Waals surface area contributed by atoms with Gasteiger partial charge >= 0.3 is 0 Å². The Morgan fingerprint density at radius 3 is 1.22 bits per heavy atom. The zero-order chi connectivity index (χ0) is 48.4. The lowest BCUT2D eigenvalue weighted by molar-refractivity contribution is -0.136. The predicted molar refractivity (Wildman–Crippen MR) is 245 cm³/mol. The van der Waals surface area contributed by atoms with Gasteiger partial charge in [-0.3, -0.25) is 43.5 Å². The lowest BCUT2D eigenvalue weighted by Crippen LogP contribution is -2.60. The Balaban J connectivity index is 6.49. The van der Waals surface area contributed by atoms with E-state index >= 15 is 0 Å². The molecule has 0 fully saturated rings. The summed E-state index contributed by atoms with van der Waals surface area (Å²) < 4.78 is 0. The van der Waals surface area contributed by atoms with Crippen LogP contribution < -0.4 is 72.0 Å². The second-order valence-corrected chi connectivity index (χ2v) is 17.6. The van der Waals surface area contributed by atoms with Crippen LogP contribution in [0.2, 0.25) is 0 Å². The number of unbranched alkanes of at least 4 members (excludes halogenated alkanes) is 1. The Kier molecular flexibility index (Phi) is 28.2. The van der Waals surface area contributed by atoms with E-state index in [1.165, 1.54) is 0 Å². The number of rotatable bonds is 32. The van der Waals surface area contributed by atoms with Gasteiger partial charge < -0.3 is 72.0 Å². The van der Waals surface area contributed by atoms with Gasteiger partial charge in [-0.25, -0.2) is 0 Å². The first-order chi connectivity index (χ1) is 29.4. The van der Waals surface area contributed by atoms with Crippen molar-refractivity contribution < 1.29 is 33.6 Å². The maximum Gasteiger partial charge on any atom is 0.243 e. The van der Waals surface area contributed by atoms with Gasteiger partial charge in [-0.1, -0.05) is 55.4 Å². The van der Waals surface area contributed by atoms with Crippen LogP contribution in [0.3, 0.4) is 0 Å². The third-order valence-corrected chi connectivity index (χ3v) is 9.75. The fourth-order valence-electron chi connectivity index (χ4n) is 6.49. The largest absolute Gasteiger partial charge is 0.370 e. The van der Waals surface area contributed by atoms with Gasteiger partial charge in [0.2, 0.25) is 41.4 Å². The van der Waals surface area contributed by atoms with Crippen molar-refractivity contribution in [3.8, 4) is 0 Å². The first-order valence-electron chi connectivity index (χ1n) is 22.1. The minimum atomic E-state index is -1.23. The molecule has 0 aliphatic heterocycles. The number of carbonyl (C=O) groups is 7. The molecule has 22 heteroatoms.